The molecule has 3 aromatic rings. The van der Waals surface area contributed by atoms with Crippen LogP contribution in [0.15, 0.2) is 48.7 Å². The number of rotatable bonds is 10. The molecule has 1 N–H and O–H groups in total. The number of ether oxygens (including phenoxy) is 1. The number of carbonyl (C=O) groups excluding carboxylic acids is 1. The zero-order valence-electron chi connectivity index (χ0n) is 16.8. The van der Waals surface area contributed by atoms with Gasteiger partial charge in [0, 0.05) is 33.1 Å². The van der Waals surface area contributed by atoms with E-state index in [1.807, 2.05) is 24.3 Å². The third-order valence-electron chi connectivity index (χ3n) is 4.54. The molecule has 0 spiro atoms. The predicted octanol–water partition coefficient (Wildman–Crippen LogP) is 7.25. The fourth-order valence-electron chi connectivity index (χ4n) is 2.89. The van der Waals surface area contributed by atoms with Crippen molar-refractivity contribution in [3.8, 4) is 5.75 Å². The molecule has 1 heterocycles. The lowest BCUT2D eigenvalue weighted by Crippen LogP contribution is -2.11. The van der Waals surface area contributed by atoms with Crippen LogP contribution in [0.3, 0.4) is 0 Å². The van der Waals surface area contributed by atoms with Gasteiger partial charge < -0.3 is 4.74 Å². The van der Waals surface area contributed by atoms with Gasteiger partial charge in [-0.3, -0.25) is 10.1 Å². The van der Waals surface area contributed by atoms with Crippen molar-refractivity contribution in [2.24, 2.45) is 0 Å². The fourth-order valence-corrected chi connectivity index (χ4v) is 4.20. The van der Waals surface area contributed by atoms with E-state index in [1.165, 1.54) is 30.6 Å². The Morgan fingerprint density at radius 2 is 1.90 bits per heavy atom. The number of nitrogens with zero attached hydrogens (tertiary/aromatic N) is 1. The van der Waals surface area contributed by atoms with Gasteiger partial charge in [0.05, 0.1) is 6.61 Å². The normalized spacial score (nSPS) is 10.8. The summed E-state index contributed by atoms with van der Waals surface area (Å²) < 4.78 is 5.72. The van der Waals surface area contributed by atoms with Crippen molar-refractivity contribution in [2.45, 2.75) is 39.0 Å². The number of nitrogens with one attached hydrogen (secondary N) is 1. The second kappa shape index (κ2) is 11.3. The van der Waals surface area contributed by atoms with E-state index in [9.17, 15) is 4.79 Å². The van der Waals surface area contributed by atoms with Gasteiger partial charge in [-0.05, 0) is 48.4 Å². The molecule has 0 fully saturated rings. The third kappa shape index (κ3) is 6.73. The summed E-state index contributed by atoms with van der Waals surface area (Å²) in [7, 11) is 0. The Morgan fingerprint density at radius 1 is 1.10 bits per heavy atom. The number of carbonyl (C=O) groups is 1. The second-order valence-corrected chi connectivity index (χ2v) is 8.89. The second-order valence-electron chi connectivity index (χ2n) is 6.93. The standard InChI is InChI=1S/C23H24Cl2N2O2S/c1-2-3-4-5-12-29-19-10-7-16(8-11-19)22(28)27-23-26-15-20(30-23)13-17-6-9-18(24)14-21(17)25/h6-11,14-15H,2-5,12-13H2,1H3,(H,26,27,28). The van der Waals surface area contributed by atoms with Gasteiger partial charge in [-0.2, -0.15) is 0 Å². The molecule has 0 unspecified atom stereocenters. The molecule has 0 saturated heterocycles. The molecule has 4 nitrogen and oxygen atoms in total. The van der Waals surface area contributed by atoms with E-state index in [0.29, 0.717) is 33.8 Å². The first kappa shape index (κ1) is 22.6. The maximum atomic E-state index is 12.5. The first-order chi connectivity index (χ1) is 14.5. The minimum Gasteiger partial charge on any atom is -0.494 e. The number of hydrogen-bond donors (Lipinski definition) is 1. The lowest BCUT2D eigenvalue weighted by Gasteiger charge is -2.07. The first-order valence-electron chi connectivity index (χ1n) is 9.98. The minimum absolute atomic E-state index is 0.199. The van der Waals surface area contributed by atoms with E-state index in [0.717, 1.165) is 22.6 Å². The van der Waals surface area contributed by atoms with Crippen LogP contribution in [-0.2, 0) is 6.42 Å². The molecular formula is C23H24Cl2N2O2S. The zero-order chi connectivity index (χ0) is 21.3. The van der Waals surface area contributed by atoms with Crippen LogP contribution in [-0.4, -0.2) is 17.5 Å². The van der Waals surface area contributed by atoms with Crippen molar-refractivity contribution in [1.29, 1.82) is 0 Å². The molecular weight excluding hydrogens is 439 g/mol. The Balaban J connectivity index is 1.52. The quantitative estimate of drug-likeness (QED) is 0.322. The van der Waals surface area contributed by atoms with Gasteiger partial charge in [-0.1, -0.05) is 55.5 Å². The number of anilines is 1. The van der Waals surface area contributed by atoms with Crippen LogP contribution < -0.4 is 10.1 Å². The summed E-state index contributed by atoms with van der Waals surface area (Å²) in [4.78, 5) is 17.8. The van der Waals surface area contributed by atoms with Crippen molar-refractivity contribution in [2.75, 3.05) is 11.9 Å². The SMILES string of the molecule is CCCCCCOc1ccc(C(=O)Nc2ncc(Cc3ccc(Cl)cc3Cl)s2)cc1. The largest absolute Gasteiger partial charge is 0.494 e. The Labute approximate surface area is 191 Å². The maximum Gasteiger partial charge on any atom is 0.257 e. The average Bonchev–Trinajstić information content (AvgIpc) is 3.17. The van der Waals surface area contributed by atoms with Gasteiger partial charge in [0.1, 0.15) is 5.75 Å². The van der Waals surface area contributed by atoms with Crippen molar-refractivity contribution >= 4 is 45.6 Å². The van der Waals surface area contributed by atoms with Crippen LogP contribution in [0.5, 0.6) is 5.75 Å². The summed E-state index contributed by atoms with van der Waals surface area (Å²) in [5, 5.41) is 4.62. The van der Waals surface area contributed by atoms with Crippen LogP contribution in [0, 0.1) is 0 Å². The highest BCUT2D eigenvalue weighted by molar-refractivity contribution is 7.15. The molecule has 7 heteroatoms. The Morgan fingerprint density at radius 3 is 2.63 bits per heavy atom. The van der Waals surface area contributed by atoms with E-state index in [-0.39, 0.29) is 5.91 Å². The highest BCUT2D eigenvalue weighted by Crippen LogP contribution is 2.27. The molecule has 0 bridgehead atoms. The predicted molar refractivity (Wildman–Crippen MR) is 125 cm³/mol. The van der Waals surface area contributed by atoms with Crippen LogP contribution in [0.2, 0.25) is 10.0 Å². The van der Waals surface area contributed by atoms with Crippen molar-refractivity contribution in [1.82, 2.24) is 4.98 Å². The van der Waals surface area contributed by atoms with Gasteiger partial charge in [0.2, 0.25) is 0 Å². The van der Waals surface area contributed by atoms with Crippen LogP contribution in [0.1, 0.15) is 53.4 Å². The summed E-state index contributed by atoms with van der Waals surface area (Å²) in [6.45, 7) is 2.89. The van der Waals surface area contributed by atoms with Crippen LogP contribution in [0.4, 0.5) is 5.13 Å². The zero-order valence-corrected chi connectivity index (χ0v) is 19.1. The van der Waals surface area contributed by atoms with Crippen molar-refractivity contribution < 1.29 is 9.53 Å². The van der Waals surface area contributed by atoms with Crippen LogP contribution >= 0.6 is 34.5 Å². The minimum atomic E-state index is -0.199. The number of halogens is 2. The molecule has 1 amide bonds. The number of aromatic nitrogens is 1. The molecule has 0 aliphatic carbocycles. The Bertz CT molecular complexity index is 974. The summed E-state index contributed by atoms with van der Waals surface area (Å²) in [6.07, 6.45) is 7.04. The molecule has 0 atom stereocenters. The lowest BCUT2D eigenvalue weighted by molar-refractivity contribution is 0.102. The molecule has 30 heavy (non-hydrogen) atoms. The molecule has 2 aromatic carbocycles. The van der Waals surface area contributed by atoms with Gasteiger partial charge in [0.25, 0.3) is 5.91 Å². The van der Waals surface area contributed by atoms with Gasteiger partial charge in [0.15, 0.2) is 5.13 Å². The molecule has 0 aliphatic heterocycles. The topological polar surface area (TPSA) is 51.2 Å². The molecule has 0 aliphatic rings. The van der Waals surface area contributed by atoms with Crippen LogP contribution in [0.25, 0.3) is 0 Å². The summed E-state index contributed by atoms with van der Waals surface area (Å²) in [5.41, 5.74) is 1.53. The molecule has 0 saturated carbocycles. The van der Waals surface area contributed by atoms with Crippen molar-refractivity contribution in [3.63, 3.8) is 0 Å². The first-order valence-corrected chi connectivity index (χ1v) is 11.5. The van der Waals surface area contributed by atoms with Crippen molar-refractivity contribution in [3.05, 3.63) is 74.7 Å². The van der Waals surface area contributed by atoms with Gasteiger partial charge >= 0.3 is 0 Å². The lowest BCUT2D eigenvalue weighted by atomic mass is 10.1. The van der Waals surface area contributed by atoms with E-state index >= 15 is 0 Å². The number of thiazole rings is 1. The molecule has 3 rings (SSSR count). The van der Waals surface area contributed by atoms with Gasteiger partial charge in [-0.15, -0.1) is 11.3 Å². The number of unbranched alkanes of at least 4 members (excludes halogenated alkanes) is 3. The smallest absolute Gasteiger partial charge is 0.257 e. The van der Waals surface area contributed by atoms with E-state index in [2.05, 4.69) is 17.2 Å². The summed E-state index contributed by atoms with van der Waals surface area (Å²) in [5.74, 6) is 0.578. The monoisotopic (exact) mass is 462 g/mol. The molecule has 1 aromatic heterocycles. The Kier molecular flexibility index (Phi) is 8.55. The number of benzene rings is 2. The fraction of sp³-hybridized carbons (Fsp3) is 0.304. The van der Waals surface area contributed by atoms with E-state index in [4.69, 9.17) is 27.9 Å². The average molecular weight is 463 g/mol. The van der Waals surface area contributed by atoms with E-state index in [1.54, 1.807) is 24.4 Å². The van der Waals surface area contributed by atoms with E-state index < -0.39 is 0 Å². The number of amides is 1. The molecule has 158 valence electrons. The third-order valence-corrected chi connectivity index (χ3v) is 6.04. The van der Waals surface area contributed by atoms with Gasteiger partial charge in [-0.25, -0.2) is 4.98 Å². The highest BCUT2D eigenvalue weighted by atomic mass is 35.5. The summed E-state index contributed by atoms with van der Waals surface area (Å²) >= 11 is 13.6. The maximum absolute atomic E-state index is 12.5. The molecule has 0 radical (unpaired) electrons. The number of hydrogen-bond acceptors (Lipinski definition) is 4. The Hall–Kier alpha value is -2.08. The highest BCUT2D eigenvalue weighted by Gasteiger charge is 2.11. The summed E-state index contributed by atoms with van der Waals surface area (Å²) in [6, 6.07) is 12.6.